The number of carbonyl (C=O) groups excluding carboxylic acids is 1. The lowest BCUT2D eigenvalue weighted by Crippen LogP contribution is -2.32. The third kappa shape index (κ3) is 5.87. The SMILES string of the molecule is Cn1c(=O)c(C(=O)NCc2ccc(Cl)cc2)cc2cc(Br)cc(OCCS(C)(=O)=O)c21. The summed E-state index contributed by atoms with van der Waals surface area (Å²) in [7, 11) is -1.65. The normalized spacial score (nSPS) is 11.5. The van der Waals surface area contributed by atoms with Crippen molar-refractivity contribution in [2.24, 2.45) is 7.05 Å². The van der Waals surface area contributed by atoms with Crippen LogP contribution in [-0.4, -0.2) is 37.5 Å². The molecule has 0 spiro atoms. The largest absolute Gasteiger partial charge is 0.490 e. The molecular weight excluding hydrogens is 508 g/mol. The molecule has 3 rings (SSSR count). The molecule has 0 atom stereocenters. The summed E-state index contributed by atoms with van der Waals surface area (Å²) in [5, 5.41) is 3.94. The molecule has 1 N–H and O–H groups in total. The van der Waals surface area contributed by atoms with E-state index >= 15 is 0 Å². The van der Waals surface area contributed by atoms with E-state index in [1.54, 1.807) is 36.4 Å². The Balaban J connectivity index is 1.91. The Morgan fingerprint density at radius 1 is 1.19 bits per heavy atom. The molecule has 3 aromatic rings. The van der Waals surface area contributed by atoms with Crippen molar-refractivity contribution in [1.29, 1.82) is 0 Å². The number of amides is 1. The second-order valence-corrected chi connectivity index (χ2v) is 10.7. The van der Waals surface area contributed by atoms with Gasteiger partial charge in [-0.15, -0.1) is 0 Å². The monoisotopic (exact) mass is 526 g/mol. The number of fused-ring (bicyclic) bond motifs is 1. The van der Waals surface area contributed by atoms with Gasteiger partial charge < -0.3 is 14.6 Å². The number of aryl methyl sites for hydroxylation is 1. The van der Waals surface area contributed by atoms with Gasteiger partial charge in [0.15, 0.2) is 9.84 Å². The van der Waals surface area contributed by atoms with Crippen LogP contribution in [0.5, 0.6) is 5.75 Å². The summed E-state index contributed by atoms with van der Waals surface area (Å²) in [6, 6.07) is 11.9. The second-order valence-electron chi connectivity index (χ2n) is 7.05. The van der Waals surface area contributed by atoms with Crippen LogP contribution >= 0.6 is 27.5 Å². The molecule has 0 radical (unpaired) electrons. The van der Waals surface area contributed by atoms with E-state index in [4.69, 9.17) is 16.3 Å². The van der Waals surface area contributed by atoms with E-state index in [1.807, 2.05) is 0 Å². The number of nitrogens with one attached hydrogen (secondary N) is 1. The van der Waals surface area contributed by atoms with Gasteiger partial charge >= 0.3 is 0 Å². The number of halogens is 2. The maximum absolute atomic E-state index is 12.9. The molecule has 0 unspecified atom stereocenters. The highest BCUT2D eigenvalue weighted by atomic mass is 79.9. The molecular formula is C21H20BrClN2O5S. The Labute approximate surface area is 193 Å². The maximum atomic E-state index is 12.9. The molecule has 164 valence electrons. The molecule has 10 heteroatoms. The summed E-state index contributed by atoms with van der Waals surface area (Å²) < 4.78 is 30.4. The minimum Gasteiger partial charge on any atom is -0.490 e. The quantitative estimate of drug-likeness (QED) is 0.509. The summed E-state index contributed by atoms with van der Waals surface area (Å²) in [5.74, 6) is -0.308. The number of rotatable bonds is 7. The summed E-state index contributed by atoms with van der Waals surface area (Å²) >= 11 is 9.26. The zero-order valence-electron chi connectivity index (χ0n) is 16.8. The van der Waals surface area contributed by atoms with Crippen LogP contribution in [0.1, 0.15) is 15.9 Å². The number of pyridine rings is 1. The first-order chi connectivity index (χ1) is 14.5. The number of carbonyl (C=O) groups is 1. The van der Waals surface area contributed by atoms with Crippen LogP contribution in [0, 0.1) is 0 Å². The lowest BCUT2D eigenvalue weighted by atomic mass is 10.1. The summed E-state index contributed by atoms with van der Waals surface area (Å²) in [6.07, 6.45) is 1.13. The lowest BCUT2D eigenvalue weighted by molar-refractivity contribution is 0.0949. The molecule has 0 aliphatic heterocycles. The van der Waals surface area contributed by atoms with E-state index in [9.17, 15) is 18.0 Å². The van der Waals surface area contributed by atoms with Gasteiger partial charge in [0, 0.05) is 34.7 Å². The van der Waals surface area contributed by atoms with Crippen LogP contribution < -0.4 is 15.6 Å². The molecule has 0 aliphatic carbocycles. The number of ether oxygens (including phenoxy) is 1. The van der Waals surface area contributed by atoms with Crippen molar-refractivity contribution in [2.75, 3.05) is 18.6 Å². The van der Waals surface area contributed by atoms with Crippen molar-refractivity contribution in [3.63, 3.8) is 0 Å². The van der Waals surface area contributed by atoms with Gasteiger partial charge in [0.1, 0.15) is 17.9 Å². The molecule has 0 bridgehead atoms. The Morgan fingerprint density at radius 2 is 1.87 bits per heavy atom. The Hall–Kier alpha value is -2.36. The number of aromatic nitrogens is 1. The van der Waals surface area contributed by atoms with E-state index in [0.717, 1.165) is 11.8 Å². The first-order valence-electron chi connectivity index (χ1n) is 9.21. The molecule has 0 aliphatic rings. The molecule has 7 nitrogen and oxygen atoms in total. The van der Waals surface area contributed by atoms with E-state index in [-0.39, 0.29) is 24.5 Å². The Kier molecular flexibility index (Phi) is 7.08. The van der Waals surface area contributed by atoms with Gasteiger partial charge in [-0.3, -0.25) is 9.59 Å². The molecule has 31 heavy (non-hydrogen) atoms. The van der Waals surface area contributed by atoms with Crippen LogP contribution in [0.15, 0.2) is 51.7 Å². The van der Waals surface area contributed by atoms with Crippen LogP contribution in [0.3, 0.4) is 0 Å². The minimum absolute atomic E-state index is 0.0100. The summed E-state index contributed by atoms with van der Waals surface area (Å²) in [6.45, 7) is 0.192. The molecule has 1 heterocycles. The first-order valence-corrected chi connectivity index (χ1v) is 12.4. The van der Waals surface area contributed by atoms with Gasteiger partial charge in [-0.1, -0.05) is 39.7 Å². The number of hydrogen-bond acceptors (Lipinski definition) is 5. The van der Waals surface area contributed by atoms with Gasteiger partial charge in [-0.25, -0.2) is 8.42 Å². The van der Waals surface area contributed by atoms with E-state index in [2.05, 4.69) is 21.2 Å². The zero-order chi connectivity index (χ0) is 22.8. The minimum atomic E-state index is -3.19. The third-order valence-corrected chi connectivity index (χ3v) is 6.18. The smallest absolute Gasteiger partial charge is 0.263 e. The van der Waals surface area contributed by atoms with Crippen molar-refractivity contribution in [3.05, 3.63) is 73.4 Å². The van der Waals surface area contributed by atoms with Gasteiger partial charge in [0.25, 0.3) is 11.5 Å². The fourth-order valence-corrected chi connectivity index (χ4v) is 3.98. The van der Waals surface area contributed by atoms with E-state index < -0.39 is 21.3 Å². The highest BCUT2D eigenvalue weighted by molar-refractivity contribution is 9.10. The molecule has 0 saturated heterocycles. The number of benzene rings is 2. The molecule has 2 aromatic carbocycles. The van der Waals surface area contributed by atoms with Gasteiger partial charge in [-0.05, 0) is 35.9 Å². The van der Waals surface area contributed by atoms with Crippen LogP contribution in [0.25, 0.3) is 10.9 Å². The van der Waals surface area contributed by atoms with Crippen molar-refractivity contribution < 1.29 is 17.9 Å². The second kappa shape index (κ2) is 9.42. The highest BCUT2D eigenvalue weighted by Gasteiger charge is 2.17. The predicted octanol–water partition coefficient (Wildman–Crippen LogP) is 3.31. The Morgan fingerprint density at radius 3 is 2.52 bits per heavy atom. The molecule has 0 fully saturated rings. The van der Waals surface area contributed by atoms with E-state index in [0.29, 0.717) is 26.1 Å². The molecule has 0 saturated carbocycles. The number of hydrogen-bond donors (Lipinski definition) is 1. The fourth-order valence-electron chi connectivity index (χ4n) is 3.02. The van der Waals surface area contributed by atoms with Crippen molar-refractivity contribution in [1.82, 2.24) is 9.88 Å². The predicted molar refractivity (Wildman–Crippen MR) is 125 cm³/mol. The standard InChI is InChI=1S/C21H20BrClN2O5S/c1-25-19-14(9-15(22)11-18(19)30-7-8-31(2,28)29)10-17(21(25)27)20(26)24-12-13-3-5-16(23)6-4-13/h3-6,9-11H,7-8,12H2,1-2H3,(H,24,26). The maximum Gasteiger partial charge on any atom is 0.263 e. The van der Waals surface area contributed by atoms with Crippen molar-refractivity contribution in [2.45, 2.75) is 6.54 Å². The zero-order valence-corrected chi connectivity index (χ0v) is 20.0. The first kappa shape index (κ1) is 23.3. The Bertz CT molecular complexity index is 1300. The summed E-state index contributed by atoms with van der Waals surface area (Å²) in [4.78, 5) is 25.6. The topological polar surface area (TPSA) is 94.5 Å². The van der Waals surface area contributed by atoms with Gasteiger partial charge in [0.2, 0.25) is 0 Å². The van der Waals surface area contributed by atoms with Gasteiger partial charge in [0.05, 0.1) is 11.3 Å². The summed E-state index contributed by atoms with van der Waals surface area (Å²) in [5.41, 5.74) is 0.816. The van der Waals surface area contributed by atoms with Crippen molar-refractivity contribution in [3.8, 4) is 5.75 Å². The number of nitrogens with zero attached hydrogens (tertiary/aromatic N) is 1. The van der Waals surface area contributed by atoms with E-state index in [1.165, 1.54) is 17.7 Å². The molecule has 1 aromatic heterocycles. The third-order valence-electron chi connectivity index (χ3n) is 4.56. The van der Waals surface area contributed by atoms with Crippen molar-refractivity contribution >= 4 is 54.2 Å². The van der Waals surface area contributed by atoms with Gasteiger partial charge in [-0.2, -0.15) is 0 Å². The van der Waals surface area contributed by atoms with Crippen LogP contribution in [-0.2, 0) is 23.4 Å². The highest BCUT2D eigenvalue weighted by Crippen LogP contribution is 2.29. The van der Waals surface area contributed by atoms with Crippen LogP contribution in [0.4, 0.5) is 0 Å². The average molecular weight is 528 g/mol. The fraction of sp³-hybridized carbons (Fsp3) is 0.238. The number of sulfone groups is 1. The van der Waals surface area contributed by atoms with Crippen LogP contribution in [0.2, 0.25) is 5.02 Å². The molecule has 1 amide bonds. The average Bonchev–Trinajstić information content (AvgIpc) is 2.68. The lowest BCUT2D eigenvalue weighted by Gasteiger charge is -2.14.